The van der Waals surface area contributed by atoms with Gasteiger partial charge in [-0.3, -0.25) is 4.98 Å². The lowest BCUT2D eigenvalue weighted by Gasteiger charge is -2.35. The Hall–Kier alpha value is -3.87. The molecule has 0 spiro atoms. The summed E-state index contributed by atoms with van der Waals surface area (Å²) in [4.78, 5) is 17.8. The number of hydrogen-bond acceptors (Lipinski definition) is 7. The Morgan fingerprint density at radius 3 is 2.03 bits per heavy atom. The molecule has 0 radical (unpaired) electrons. The molecule has 1 aliphatic heterocycles. The topological polar surface area (TPSA) is 70.9 Å². The van der Waals surface area contributed by atoms with Crippen molar-refractivity contribution in [3.63, 3.8) is 0 Å². The van der Waals surface area contributed by atoms with Gasteiger partial charge in [0.25, 0.3) is 0 Å². The number of benzene rings is 1. The molecular weight excluding hydrogens is 374 g/mol. The lowest BCUT2D eigenvalue weighted by atomic mass is 10.1. The number of rotatable bonds is 4. The van der Waals surface area contributed by atoms with Crippen LogP contribution in [-0.4, -0.2) is 51.3 Å². The molecular formula is C23H21N7. The first-order valence-electron chi connectivity index (χ1n) is 10.00. The molecule has 0 N–H and O–H groups in total. The van der Waals surface area contributed by atoms with Gasteiger partial charge in [0.15, 0.2) is 5.82 Å². The minimum atomic E-state index is 0.771. The van der Waals surface area contributed by atoms with E-state index in [2.05, 4.69) is 41.0 Å². The summed E-state index contributed by atoms with van der Waals surface area (Å²) in [5.41, 5.74) is 3.78. The molecule has 148 valence electrons. The first-order valence-corrected chi connectivity index (χ1v) is 10.00. The average molecular weight is 395 g/mol. The fourth-order valence-electron chi connectivity index (χ4n) is 3.65. The van der Waals surface area contributed by atoms with Gasteiger partial charge in [-0.15, -0.1) is 10.2 Å². The predicted molar refractivity (Wildman–Crippen MR) is 117 cm³/mol. The molecule has 0 bridgehead atoms. The van der Waals surface area contributed by atoms with Crippen LogP contribution in [0.1, 0.15) is 0 Å². The van der Waals surface area contributed by atoms with Crippen molar-refractivity contribution in [2.45, 2.75) is 0 Å². The maximum Gasteiger partial charge on any atom is 0.225 e. The van der Waals surface area contributed by atoms with E-state index in [-0.39, 0.29) is 0 Å². The van der Waals surface area contributed by atoms with E-state index >= 15 is 0 Å². The number of anilines is 2. The standard InChI is InChI=1S/C23H21N7/c1-2-7-18(8-3-1)21-17-19(20-9-4-5-10-24-20)22(28-27-21)29-13-15-30(16-14-29)23-25-11-6-12-26-23/h1-12,17H,13-16H2. The summed E-state index contributed by atoms with van der Waals surface area (Å²) in [5, 5.41) is 9.17. The lowest BCUT2D eigenvalue weighted by Crippen LogP contribution is -2.47. The second-order valence-corrected chi connectivity index (χ2v) is 7.07. The number of nitrogens with zero attached hydrogens (tertiary/aromatic N) is 7. The number of pyridine rings is 1. The molecule has 7 nitrogen and oxygen atoms in total. The van der Waals surface area contributed by atoms with Gasteiger partial charge in [-0.2, -0.15) is 0 Å². The van der Waals surface area contributed by atoms with Gasteiger partial charge in [0.05, 0.1) is 11.4 Å². The zero-order chi connectivity index (χ0) is 20.2. The Balaban J connectivity index is 1.46. The summed E-state index contributed by atoms with van der Waals surface area (Å²) in [6, 6.07) is 20.0. The van der Waals surface area contributed by atoms with Gasteiger partial charge in [-0.25, -0.2) is 9.97 Å². The second-order valence-electron chi connectivity index (χ2n) is 7.07. The molecule has 1 fully saturated rings. The Morgan fingerprint density at radius 1 is 0.600 bits per heavy atom. The zero-order valence-corrected chi connectivity index (χ0v) is 16.5. The summed E-state index contributed by atoms with van der Waals surface area (Å²) in [5.74, 6) is 1.63. The van der Waals surface area contributed by atoms with Gasteiger partial charge in [0.1, 0.15) is 0 Å². The van der Waals surface area contributed by atoms with Crippen LogP contribution in [0.25, 0.3) is 22.5 Å². The summed E-state index contributed by atoms with van der Waals surface area (Å²) in [6.45, 7) is 3.29. The molecule has 1 aromatic carbocycles. The summed E-state index contributed by atoms with van der Waals surface area (Å²) < 4.78 is 0. The van der Waals surface area contributed by atoms with Crippen LogP contribution in [0.4, 0.5) is 11.8 Å². The first-order chi connectivity index (χ1) is 14.9. The zero-order valence-electron chi connectivity index (χ0n) is 16.5. The van der Waals surface area contributed by atoms with Gasteiger partial charge in [-0.1, -0.05) is 36.4 Å². The largest absolute Gasteiger partial charge is 0.351 e. The lowest BCUT2D eigenvalue weighted by molar-refractivity contribution is 0.632. The Bertz CT molecular complexity index is 1100. The predicted octanol–water partition coefficient (Wildman–Crippen LogP) is 3.32. The van der Waals surface area contributed by atoms with Gasteiger partial charge in [0.2, 0.25) is 5.95 Å². The van der Waals surface area contributed by atoms with Crippen molar-refractivity contribution in [3.8, 4) is 22.5 Å². The van der Waals surface area contributed by atoms with E-state index in [1.54, 1.807) is 12.4 Å². The Morgan fingerprint density at radius 2 is 1.30 bits per heavy atom. The van der Waals surface area contributed by atoms with E-state index in [9.17, 15) is 0 Å². The molecule has 1 aliphatic rings. The first kappa shape index (κ1) is 18.2. The minimum absolute atomic E-state index is 0.771. The highest BCUT2D eigenvalue weighted by molar-refractivity contribution is 5.77. The van der Waals surface area contributed by atoms with Crippen molar-refractivity contribution in [2.75, 3.05) is 36.0 Å². The highest BCUT2D eigenvalue weighted by atomic mass is 15.3. The molecule has 5 rings (SSSR count). The molecule has 4 heterocycles. The van der Waals surface area contributed by atoms with Crippen LogP contribution in [0.15, 0.2) is 79.3 Å². The normalized spacial score (nSPS) is 14.0. The van der Waals surface area contributed by atoms with Crippen molar-refractivity contribution < 1.29 is 0 Å². The number of piperazine rings is 1. The third-order valence-corrected chi connectivity index (χ3v) is 5.20. The molecule has 4 aromatic rings. The smallest absolute Gasteiger partial charge is 0.225 e. The maximum atomic E-state index is 4.64. The quantitative estimate of drug-likeness (QED) is 0.525. The van der Waals surface area contributed by atoms with Crippen LogP contribution < -0.4 is 9.80 Å². The molecule has 3 aromatic heterocycles. The molecule has 0 amide bonds. The van der Waals surface area contributed by atoms with Crippen LogP contribution in [0.3, 0.4) is 0 Å². The molecule has 0 atom stereocenters. The summed E-state index contributed by atoms with van der Waals surface area (Å²) in [7, 11) is 0. The summed E-state index contributed by atoms with van der Waals surface area (Å²) >= 11 is 0. The minimum Gasteiger partial charge on any atom is -0.351 e. The molecule has 0 saturated carbocycles. The Labute approximate surface area is 175 Å². The molecule has 0 unspecified atom stereocenters. The van der Waals surface area contributed by atoms with Crippen LogP contribution in [0.5, 0.6) is 0 Å². The van der Waals surface area contributed by atoms with E-state index < -0.39 is 0 Å². The SMILES string of the molecule is c1ccc(-c2cc(-c3ccccn3)c(N3CCN(c4ncccn4)CC3)nn2)cc1. The van der Waals surface area contributed by atoms with E-state index in [0.717, 1.165) is 60.5 Å². The molecule has 1 saturated heterocycles. The van der Waals surface area contributed by atoms with Gasteiger partial charge in [0, 0.05) is 55.9 Å². The van der Waals surface area contributed by atoms with Crippen LogP contribution in [0.2, 0.25) is 0 Å². The maximum absolute atomic E-state index is 4.64. The van der Waals surface area contributed by atoms with E-state index in [1.165, 1.54) is 0 Å². The number of hydrogen-bond donors (Lipinski definition) is 0. The van der Waals surface area contributed by atoms with E-state index in [0.29, 0.717) is 0 Å². The number of aromatic nitrogens is 5. The van der Waals surface area contributed by atoms with Gasteiger partial charge in [-0.05, 0) is 24.3 Å². The van der Waals surface area contributed by atoms with Crippen molar-refractivity contribution in [1.29, 1.82) is 0 Å². The third kappa shape index (κ3) is 3.69. The van der Waals surface area contributed by atoms with Crippen molar-refractivity contribution in [1.82, 2.24) is 25.1 Å². The van der Waals surface area contributed by atoms with Gasteiger partial charge < -0.3 is 9.80 Å². The molecule has 7 heteroatoms. The molecule has 0 aliphatic carbocycles. The second kappa shape index (κ2) is 8.24. The van der Waals surface area contributed by atoms with Crippen LogP contribution in [0, 0.1) is 0 Å². The Kier molecular flexibility index (Phi) is 4.99. The van der Waals surface area contributed by atoms with Crippen LogP contribution >= 0.6 is 0 Å². The summed E-state index contributed by atoms with van der Waals surface area (Å²) in [6.07, 6.45) is 5.37. The van der Waals surface area contributed by atoms with Crippen molar-refractivity contribution in [2.24, 2.45) is 0 Å². The van der Waals surface area contributed by atoms with Crippen molar-refractivity contribution >= 4 is 11.8 Å². The van der Waals surface area contributed by atoms with Gasteiger partial charge >= 0.3 is 0 Å². The molecule has 30 heavy (non-hydrogen) atoms. The fraction of sp³-hybridized carbons (Fsp3) is 0.174. The monoisotopic (exact) mass is 395 g/mol. The van der Waals surface area contributed by atoms with Crippen molar-refractivity contribution in [3.05, 3.63) is 79.3 Å². The third-order valence-electron chi connectivity index (χ3n) is 5.20. The van der Waals surface area contributed by atoms with E-state index in [4.69, 9.17) is 0 Å². The highest BCUT2D eigenvalue weighted by Crippen LogP contribution is 2.31. The average Bonchev–Trinajstić information content (AvgIpc) is 2.85. The fourth-order valence-corrected chi connectivity index (χ4v) is 3.65. The van der Waals surface area contributed by atoms with Crippen LogP contribution in [-0.2, 0) is 0 Å². The van der Waals surface area contributed by atoms with E-state index in [1.807, 2.05) is 60.8 Å². The highest BCUT2D eigenvalue weighted by Gasteiger charge is 2.23.